The second-order valence-corrected chi connectivity index (χ2v) is 10.2. The summed E-state index contributed by atoms with van der Waals surface area (Å²) in [4.78, 5) is 25.9. The van der Waals surface area contributed by atoms with Crippen molar-refractivity contribution >= 4 is 34.1 Å². The molecule has 2 aromatic heterocycles. The van der Waals surface area contributed by atoms with E-state index in [1.54, 1.807) is 13.1 Å². The van der Waals surface area contributed by atoms with Crippen molar-refractivity contribution in [1.29, 1.82) is 0 Å². The summed E-state index contributed by atoms with van der Waals surface area (Å²) in [6, 6.07) is 9.54. The van der Waals surface area contributed by atoms with E-state index in [4.69, 9.17) is 4.74 Å². The number of alkyl halides is 2. The zero-order chi connectivity index (χ0) is 27.3. The number of amides is 1. The molecule has 0 radical (unpaired) electrons. The fraction of sp³-hybridized carbons (Fsp3) is 0.393. The Morgan fingerprint density at radius 1 is 1.15 bits per heavy atom. The summed E-state index contributed by atoms with van der Waals surface area (Å²) < 4.78 is 48.6. The first-order valence-electron chi connectivity index (χ1n) is 13.0. The Kier molecular flexibility index (Phi) is 6.54. The van der Waals surface area contributed by atoms with Gasteiger partial charge in [-0.2, -0.15) is 4.98 Å². The van der Waals surface area contributed by atoms with Crippen LogP contribution in [0.3, 0.4) is 0 Å². The molecular formula is C28H29F3N6O2. The highest BCUT2D eigenvalue weighted by atomic mass is 19.3. The third-order valence-electron chi connectivity index (χ3n) is 7.70. The fourth-order valence-corrected chi connectivity index (χ4v) is 5.47. The second-order valence-electron chi connectivity index (χ2n) is 10.2. The molecule has 2 unspecified atom stereocenters. The maximum atomic E-state index is 14.9. The van der Waals surface area contributed by atoms with Crippen LogP contribution in [0.5, 0.6) is 0 Å². The average molecular weight is 539 g/mol. The lowest BCUT2D eigenvalue weighted by molar-refractivity contribution is -0.150. The number of nitrogens with one attached hydrogen (secondary N) is 1. The van der Waals surface area contributed by atoms with Crippen molar-refractivity contribution in [2.75, 3.05) is 43.1 Å². The van der Waals surface area contributed by atoms with Crippen LogP contribution < -0.4 is 10.2 Å². The number of piperazine rings is 1. The van der Waals surface area contributed by atoms with Crippen molar-refractivity contribution < 1.29 is 22.7 Å². The van der Waals surface area contributed by atoms with E-state index in [1.807, 2.05) is 33.7 Å². The van der Waals surface area contributed by atoms with Crippen LogP contribution in [0, 0.1) is 11.7 Å². The van der Waals surface area contributed by atoms with Gasteiger partial charge < -0.3 is 19.9 Å². The summed E-state index contributed by atoms with van der Waals surface area (Å²) in [5, 5.41) is 4.03. The van der Waals surface area contributed by atoms with Gasteiger partial charge in [-0.05, 0) is 32.0 Å². The van der Waals surface area contributed by atoms with Gasteiger partial charge in [-0.1, -0.05) is 18.2 Å². The van der Waals surface area contributed by atoms with Gasteiger partial charge in [0.05, 0.1) is 36.3 Å². The Bertz CT molecular complexity index is 1540. The minimum absolute atomic E-state index is 0.0325. The number of halogens is 3. The Morgan fingerprint density at radius 3 is 2.67 bits per heavy atom. The summed E-state index contributed by atoms with van der Waals surface area (Å²) in [6.45, 7) is 6.73. The summed E-state index contributed by atoms with van der Waals surface area (Å²) in [5.74, 6) is 0.143. The van der Waals surface area contributed by atoms with E-state index in [9.17, 15) is 18.0 Å². The third kappa shape index (κ3) is 4.54. The van der Waals surface area contributed by atoms with Crippen molar-refractivity contribution in [2.45, 2.75) is 32.4 Å². The molecule has 1 N–H and O–H groups in total. The number of carbonyl (C=O) groups is 1. The number of nitrogens with zero attached hydrogens (tertiary/aromatic N) is 5. The van der Waals surface area contributed by atoms with E-state index in [0.29, 0.717) is 44.4 Å². The molecule has 1 amide bonds. The van der Waals surface area contributed by atoms with Crippen LogP contribution in [0.2, 0.25) is 0 Å². The molecule has 2 atom stereocenters. The second kappa shape index (κ2) is 10.0. The molecule has 0 aliphatic carbocycles. The molecule has 2 aliphatic heterocycles. The zero-order valence-corrected chi connectivity index (χ0v) is 21.7. The number of hydrogen-bond acceptors (Lipinski definition) is 6. The van der Waals surface area contributed by atoms with Gasteiger partial charge in [0, 0.05) is 54.7 Å². The SMILES string of the molecule is CC(Nc1nc2nccn2c2ccc(N3CCN(C(=O)C4COC4)CC3C)cc12)c1cccc(C(F)F)c1F. The molecule has 4 aromatic rings. The first kappa shape index (κ1) is 25.4. The van der Waals surface area contributed by atoms with E-state index in [-0.39, 0.29) is 23.4 Å². The molecule has 4 heterocycles. The predicted octanol–water partition coefficient (Wildman–Crippen LogP) is 4.82. The number of fused-ring (bicyclic) bond motifs is 3. The van der Waals surface area contributed by atoms with Gasteiger partial charge in [0.15, 0.2) is 0 Å². The Morgan fingerprint density at radius 2 is 1.95 bits per heavy atom. The van der Waals surface area contributed by atoms with Crippen molar-refractivity contribution in [3.63, 3.8) is 0 Å². The maximum Gasteiger partial charge on any atom is 0.266 e. The quantitative estimate of drug-likeness (QED) is 0.380. The summed E-state index contributed by atoms with van der Waals surface area (Å²) in [6.07, 6.45) is 0.570. The van der Waals surface area contributed by atoms with Crippen LogP contribution in [0.25, 0.3) is 16.7 Å². The highest BCUT2D eigenvalue weighted by Crippen LogP contribution is 2.33. The number of rotatable bonds is 6. The molecule has 2 saturated heterocycles. The number of aromatic nitrogens is 3. The number of carbonyl (C=O) groups excluding carboxylic acids is 1. The van der Waals surface area contributed by atoms with Gasteiger partial charge in [0.1, 0.15) is 11.6 Å². The molecule has 6 rings (SSSR count). The minimum atomic E-state index is -2.90. The van der Waals surface area contributed by atoms with Gasteiger partial charge in [-0.15, -0.1) is 0 Å². The van der Waals surface area contributed by atoms with E-state index < -0.39 is 23.8 Å². The third-order valence-corrected chi connectivity index (χ3v) is 7.70. The largest absolute Gasteiger partial charge is 0.380 e. The number of ether oxygens (including phenoxy) is 1. The van der Waals surface area contributed by atoms with Crippen LogP contribution in [0.4, 0.5) is 24.7 Å². The van der Waals surface area contributed by atoms with Crippen LogP contribution in [-0.2, 0) is 9.53 Å². The zero-order valence-electron chi connectivity index (χ0n) is 21.7. The minimum Gasteiger partial charge on any atom is -0.380 e. The monoisotopic (exact) mass is 538 g/mol. The first-order valence-corrected chi connectivity index (χ1v) is 13.0. The Balaban J connectivity index is 1.32. The van der Waals surface area contributed by atoms with E-state index in [1.165, 1.54) is 12.1 Å². The number of anilines is 2. The summed E-state index contributed by atoms with van der Waals surface area (Å²) in [7, 11) is 0. The fourth-order valence-electron chi connectivity index (χ4n) is 5.47. The van der Waals surface area contributed by atoms with Gasteiger partial charge in [0.25, 0.3) is 6.43 Å². The number of imidazole rings is 1. The molecule has 39 heavy (non-hydrogen) atoms. The number of benzene rings is 2. The lowest BCUT2D eigenvalue weighted by Crippen LogP contribution is -2.56. The topological polar surface area (TPSA) is 75.0 Å². The van der Waals surface area contributed by atoms with Gasteiger partial charge >= 0.3 is 0 Å². The first-order chi connectivity index (χ1) is 18.8. The maximum absolute atomic E-state index is 14.9. The van der Waals surface area contributed by atoms with Gasteiger partial charge in [-0.25, -0.2) is 18.2 Å². The Labute approximate surface area is 223 Å². The van der Waals surface area contributed by atoms with E-state index in [2.05, 4.69) is 27.1 Å². The van der Waals surface area contributed by atoms with E-state index in [0.717, 1.165) is 22.7 Å². The van der Waals surface area contributed by atoms with Crippen molar-refractivity contribution in [1.82, 2.24) is 19.3 Å². The van der Waals surface area contributed by atoms with E-state index >= 15 is 0 Å². The number of hydrogen-bond donors (Lipinski definition) is 1. The normalized spacial score (nSPS) is 19.1. The smallest absolute Gasteiger partial charge is 0.266 e. The molecular weight excluding hydrogens is 509 g/mol. The average Bonchev–Trinajstić information content (AvgIpc) is 3.36. The van der Waals surface area contributed by atoms with Crippen molar-refractivity contribution in [2.24, 2.45) is 5.92 Å². The molecule has 204 valence electrons. The molecule has 0 bridgehead atoms. The highest BCUT2D eigenvalue weighted by molar-refractivity contribution is 5.94. The molecule has 11 heteroatoms. The van der Waals surface area contributed by atoms with Crippen LogP contribution in [0.15, 0.2) is 48.8 Å². The molecule has 2 aliphatic rings. The lowest BCUT2D eigenvalue weighted by atomic mass is 10.0. The summed E-state index contributed by atoms with van der Waals surface area (Å²) >= 11 is 0. The van der Waals surface area contributed by atoms with Crippen molar-refractivity contribution in [3.8, 4) is 0 Å². The summed E-state index contributed by atoms with van der Waals surface area (Å²) in [5.41, 5.74) is 1.33. The predicted molar refractivity (Wildman–Crippen MR) is 142 cm³/mol. The molecule has 2 aromatic carbocycles. The molecule has 0 saturated carbocycles. The standard InChI is InChI=1S/C28H29F3N6O2/c1-16-13-35(27(38)18-14-39-15-18)10-11-36(16)19-6-7-23-22(12-19)26(34-28-32-8-9-37(23)28)33-17(2)20-4-3-5-21(24(20)29)25(30)31/h3-9,12,16-18,25H,10-11,13-15H2,1-2H3,(H,32,33,34). The Hall–Kier alpha value is -3.86. The van der Waals surface area contributed by atoms with Crippen LogP contribution in [0.1, 0.15) is 37.4 Å². The van der Waals surface area contributed by atoms with Gasteiger partial charge in [0.2, 0.25) is 11.7 Å². The molecule has 0 spiro atoms. The van der Waals surface area contributed by atoms with Gasteiger partial charge in [-0.3, -0.25) is 9.20 Å². The molecule has 2 fully saturated rings. The lowest BCUT2D eigenvalue weighted by Gasteiger charge is -2.43. The van der Waals surface area contributed by atoms with Crippen molar-refractivity contribution in [3.05, 3.63) is 65.7 Å². The molecule has 8 nitrogen and oxygen atoms in total. The van der Waals surface area contributed by atoms with Crippen LogP contribution in [-0.4, -0.2) is 64.1 Å². The van der Waals surface area contributed by atoms with Crippen LogP contribution >= 0.6 is 0 Å². The highest BCUT2D eigenvalue weighted by Gasteiger charge is 2.34.